The Morgan fingerprint density at radius 2 is 1.73 bits per heavy atom. The van der Waals surface area contributed by atoms with E-state index in [1.807, 2.05) is 0 Å². The monoisotopic (exact) mass is 152 g/mol. The molecule has 0 amide bonds. The number of hydrogen-bond donors (Lipinski definition) is 0. The highest BCUT2D eigenvalue weighted by Crippen LogP contribution is 2.26. The molecule has 0 saturated carbocycles. The molecule has 0 N–H and O–H groups in total. The number of rotatable bonds is 1. The third-order valence-corrected chi connectivity index (χ3v) is 2.37. The summed E-state index contributed by atoms with van der Waals surface area (Å²) in [6.45, 7) is 6.54. The molecule has 2 atom stereocenters. The van der Waals surface area contributed by atoms with E-state index < -0.39 is 0 Å². The van der Waals surface area contributed by atoms with Gasteiger partial charge in [-0.3, -0.25) is 0 Å². The maximum atomic E-state index is 5.21. The van der Waals surface area contributed by atoms with Crippen LogP contribution < -0.4 is 0 Å². The molecule has 0 aliphatic heterocycles. The largest absolute Gasteiger partial charge is 0.497 e. The van der Waals surface area contributed by atoms with Gasteiger partial charge in [0.05, 0.1) is 7.11 Å². The molecular weight excluding hydrogens is 136 g/mol. The minimum absolute atomic E-state index is 0.605. The number of allylic oxidation sites excluding steroid dienone is 3. The lowest BCUT2D eigenvalue weighted by molar-refractivity contribution is 0.289. The third kappa shape index (κ3) is 1.65. The molecule has 1 aliphatic carbocycles. The fourth-order valence-corrected chi connectivity index (χ4v) is 1.38. The first-order valence-corrected chi connectivity index (χ1v) is 4.09. The molecule has 0 aromatic rings. The van der Waals surface area contributed by atoms with Crippen LogP contribution in [0.1, 0.15) is 20.8 Å². The van der Waals surface area contributed by atoms with Gasteiger partial charge in [0.25, 0.3) is 0 Å². The topological polar surface area (TPSA) is 9.23 Å². The van der Waals surface area contributed by atoms with Crippen LogP contribution in [-0.2, 0) is 4.74 Å². The maximum Gasteiger partial charge on any atom is 0.117 e. The van der Waals surface area contributed by atoms with Crippen molar-refractivity contribution >= 4 is 0 Å². The first-order chi connectivity index (χ1) is 5.15. The fourth-order valence-electron chi connectivity index (χ4n) is 1.38. The first kappa shape index (κ1) is 8.38. The lowest BCUT2D eigenvalue weighted by atomic mass is 9.88. The Morgan fingerprint density at radius 1 is 1.18 bits per heavy atom. The normalized spacial score (nSPS) is 30.9. The van der Waals surface area contributed by atoms with Gasteiger partial charge in [0.15, 0.2) is 0 Å². The zero-order valence-corrected chi connectivity index (χ0v) is 7.72. The van der Waals surface area contributed by atoms with Gasteiger partial charge in [-0.25, -0.2) is 0 Å². The highest BCUT2D eigenvalue weighted by molar-refractivity contribution is 5.29. The molecule has 0 aromatic heterocycles. The molecule has 1 heteroatoms. The van der Waals surface area contributed by atoms with Gasteiger partial charge >= 0.3 is 0 Å². The van der Waals surface area contributed by atoms with Gasteiger partial charge in [0, 0.05) is 0 Å². The minimum Gasteiger partial charge on any atom is -0.497 e. The Labute approximate surface area is 68.8 Å². The molecule has 0 radical (unpaired) electrons. The van der Waals surface area contributed by atoms with Crippen LogP contribution >= 0.6 is 0 Å². The van der Waals surface area contributed by atoms with Gasteiger partial charge in [-0.1, -0.05) is 19.9 Å². The molecule has 0 heterocycles. The van der Waals surface area contributed by atoms with E-state index in [2.05, 4.69) is 32.9 Å². The van der Waals surface area contributed by atoms with Crippen LogP contribution in [0, 0.1) is 11.8 Å². The van der Waals surface area contributed by atoms with Gasteiger partial charge in [-0.15, -0.1) is 0 Å². The Hall–Kier alpha value is -0.720. The molecular formula is C10H16O. The average molecular weight is 152 g/mol. The molecule has 0 bridgehead atoms. The van der Waals surface area contributed by atoms with Crippen LogP contribution in [0.5, 0.6) is 0 Å². The minimum atomic E-state index is 0.605. The molecule has 0 spiro atoms. The molecule has 1 nitrogen and oxygen atoms in total. The third-order valence-electron chi connectivity index (χ3n) is 2.37. The van der Waals surface area contributed by atoms with Gasteiger partial charge in [0.1, 0.15) is 5.76 Å². The Morgan fingerprint density at radius 3 is 2.27 bits per heavy atom. The van der Waals surface area contributed by atoms with Gasteiger partial charge in [-0.05, 0) is 30.4 Å². The highest BCUT2D eigenvalue weighted by Gasteiger charge is 2.15. The van der Waals surface area contributed by atoms with Crippen molar-refractivity contribution in [3.8, 4) is 0 Å². The molecule has 1 rings (SSSR count). The quantitative estimate of drug-likeness (QED) is 0.561. The van der Waals surface area contributed by atoms with Crippen LogP contribution in [-0.4, -0.2) is 7.11 Å². The van der Waals surface area contributed by atoms with Crippen LogP contribution in [0.25, 0.3) is 0 Å². The SMILES string of the molecule is COC1=C[C@H](C)[C@H](C)C=C1C. The van der Waals surface area contributed by atoms with Crippen molar-refractivity contribution in [3.05, 3.63) is 23.5 Å². The summed E-state index contributed by atoms with van der Waals surface area (Å²) >= 11 is 0. The second kappa shape index (κ2) is 3.12. The van der Waals surface area contributed by atoms with E-state index in [0.717, 1.165) is 5.76 Å². The second-order valence-corrected chi connectivity index (χ2v) is 3.30. The van der Waals surface area contributed by atoms with Gasteiger partial charge < -0.3 is 4.74 Å². The smallest absolute Gasteiger partial charge is 0.117 e. The zero-order chi connectivity index (χ0) is 8.43. The van der Waals surface area contributed by atoms with Crippen molar-refractivity contribution in [2.45, 2.75) is 20.8 Å². The van der Waals surface area contributed by atoms with Crippen molar-refractivity contribution in [2.75, 3.05) is 7.11 Å². The van der Waals surface area contributed by atoms with Crippen molar-refractivity contribution in [3.63, 3.8) is 0 Å². The summed E-state index contributed by atoms with van der Waals surface area (Å²) < 4.78 is 5.21. The number of ether oxygens (including phenoxy) is 1. The summed E-state index contributed by atoms with van der Waals surface area (Å²) in [5.74, 6) is 2.29. The van der Waals surface area contributed by atoms with E-state index in [4.69, 9.17) is 4.74 Å². The van der Waals surface area contributed by atoms with E-state index in [-0.39, 0.29) is 0 Å². The molecule has 1 aliphatic rings. The van der Waals surface area contributed by atoms with Crippen molar-refractivity contribution in [1.29, 1.82) is 0 Å². The zero-order valence-electron chi connectivity index (χ0n) is 7.72. The Bertz CT molecular complexity index is 201. The highest BCUT2D eigenvalue weighted by atomic mass is 16.5. The number of methoxy groups -OCH3 is 1. The van der Waals surface area contributed by atoms with Crippen LogP contribution in [0.15, 0.2) is 23.5 Å². The van der Waals surface area contributed by atoms with E-state index in [1.165, 1.54) is 5.57 Å². The predicted molar refractivity (Wildman–Crippen MR) is 47.2 cm³/mol. The molecule has 0 saturated heterocycles. The molecule has 0 aromatic carbocycles. The van der Waals surface area contributed by atoms with E-state index in [9.17, 15) is 0 Å². The van der Waals surface area contributed by atoms with Crippen molar-refractivity contribution < 1.29 is 4.74 Å². The average Bonchev–Trinajstić information content (AvgIpc) is 1.97. The van der Waals surface area contributed by atoms with Crippen LogP contribution in [0.2, 0.25) is 0 Å². The van der Waals surface area contributed by atoms with Crippen LogP contribution in [0.4, 0.5) is 0 Å². The molecule has 0 fully saturated rings. The summed E-state index contributed by atoms with van der Waals surface area (Å²) in [4.78, 5) is 0. The van der Waals surface area contributed by atoms with E-state index in [0.29, 0.717) is 11.8 Å². The summed E-state index contributed by atoms with van der Waals surface area (Å²) in [6, 6.07) is 0. The van der Waals surface area contributed by atoms with Crippen molar-refractivity contribution in [2.24, 2.45) is 11.8 Å². The first-order valence-electron chi connectivity index (χ1n) is 4.09. The van der Waals surface area contributed by atoms with Gasteiger partial charge in [0.2, 0.25) is 0 Å². The summed E-state index contributed by atoms with van der Waals surface area (Å²) in [5.41, 5.74) is 1.26. The summed E-state index contributed by atoms with van der Waals surface area (Å²) in [6.07, 6.45) is 4.46. The van der Waals surface area contributed by atoms with Crippen LogP contribution in [0.3, 0.4) is 0 Å². The molecule has 62 valence electrons. The lowest BCUT2D eigenvalue weighted by Crippen LogP contribution is -2.10. The predicted octanol–water partition coefficient (Wildman–Crippen LogP) is 2.75. The fraction of sp³-hybridized carbons (Fsp3) is 0.600. The molecule has 0 unspecified atom stereocenters. The second-order valence-electron chi connectivity index (χ2n) is 3.30. The Kier molecular flexibility index (Phi) is 2.38. The maximum absolute atomic E-state index is 5.21. The summed E-state index contributed by atoms with van der Waals surface area (Å²) in [5, 5.41) is 0. The lowest BCUT2D eigenvalue weighted by Gasteiger charge is -2.21. The standard InChI is InChI=1S/C10H16O/c1-7-5-9(3)10(11-4)6-8(7)2/h5-8H,1-4H3/t7-,8+/m1/s1. The number of hydrogen-bond acceptors (Lipinski definition) is 1. The Balaban J connectivity index is 2.82. The van der Waals surface area contributed by atoms with Gasteiger partial charge in [-0.2, -0.15) is 0 Å². The van der Waals surface area contributed by atoms with Crippen molar-refractivity contribution in [1.82, 2.24) is 0 Å². The molecule has 11 heavy (non-hydrogen) atoms. The van der Waals surface area contributed by atoms with E-state index >= 15 is 0 Å². The van der Waals surface area contributed by atoms with E-state index in [1.54, 1.807) is 7.11 Å². The summed E-state index contributed by atoms with van der Waals surface area (Å²) in [7, 11) is 1.73.